The highest BCUT2D eigenvalue weighted by Crippen LogP contribution is 2.35. The summed E-state index contributed by atoms with van der Waals surface area (Å²) in [6, 6.07) is 4.63. The third-order valence-corrected chi connectivity index (χ3v) is 6.75. The van der Waals surface area contributed by atoms with E-state index in [1.54, 1.807) is 35.0 Å². The minimum absolute atomic E-state index is 0.0322. The van der Waals surface area contributed by atoms with Crippen molar-refractivity contribution in [2.75, 3.05) is 0 Å². The predicted octanol–water partition coefficient (Wildman–Crippen LogP) is 4.19. The monoisotopic (exact) mass is 600 g/mol. The molecule has 1 atom stereocenters. The second-order valence-electron chi connectivity index (χ2n) is 9.07. The lowest BCUT2D eigenvalue weighted by Gasteiger charge is -2.17. The summed E-state index contributed by atoms with van der Waals surface area (Å²) in [7, 11) is 1.72. The van der Waals surface area contributed by atoms with E-state index in [1.807, 2.05) is 0 Å². The molecule has 6 aromatic rings. The van der Waals surface area contributed by atoms with Crippen LogP contribution in [0.15, 0.2) is 72.1 Å². The van der Waals surface area contributed by atoms with Gasteiger partial charge in [0.1, 0.15) is 12.3 Å². The van der Waals surface area contributed by atoms with Crippen molar-refractivity contribution in [3.8, 4) is 28.1 Å². The molecule has 12 nitrogen and oxygen atoms in total. The topological polar surface area (TPSA) is 132 Å². The van der Waals surface area contributed by atoms with E-state index >= 15 is 4.39 Å². The number of rotatable bonds is 7. The summed E-state index contributed by atoms with van der Waals surface area (Å²) in [6.45, 7) is 0. The van der Waals surface area contributed by atoms with Gasteiger partial charge in [0.25, 0.3) is 0 Å². The van der Waals surface area contributed by atoms with Crippen LogP contribution < -0.4 is 4.73 Å². The molecule has 0 saturated carbocycles. The minimum atomic E-state index is -4.76. The summed E-state index contributed by atoms with van der Waals surface area (Å²) in [5.74, 6) is -0.623. The van der Waals surface area contributed by atoms with Crippen molar-refractivity contribution in [2.24, 2.45) is 7.05 Å². The van der Waals surface area contributed by atoms with Crippen LogP contribution in [0.5, 0.6) is 0 Å². The summed E-state index contributed by atoms with van der Waals surface area (Å²) < 4.78 is 64.6. The molecule has 214 valence electrons. The fourth-order valence-electron chi connectivity index (χ4n) is 4.46. The predicted molar refractivity (Wildman–Crippen MR) is 136 cm³/mol. The molecule has 0 aliphatic heterocycles. The molecule has 0 saturated heterocycles. The maximum atomic E-state index is 15.4. The highest BCUT2D eigenvalue weighted by Gasteiger charge is 2.35. The van der Waals surface area contributed by atoms with Gasteiger partial charge in [-0.05, 0) is 18.2 Å². The van der Waals surface area contributed by atoms with E-state index in [0.717, 1.165) is 10.9 Å². The molecule has 1 aromatic carbocycles. The first-order valence-corrected chi connectivity index (χ1v) is 12.5. The van der Waals surface area contributed by atoms with Gasteiger partial charge in [0.15, 0.2) is 23.6 Å². The Kier molecular flexibility index (Phi) is 6.68. The Morgan fingerprint density at radius 1 is 1.10 bits per heavy atom. The van der Waals surface area contributed by atoms with Gasteiger partial charge in [-0.3, -0.25) is 4.68 Å². The normalized spacial score (nSPS) is 12.6. The lowest BCUT2D eigenvalue weighted by molar-refractivity contribution is -0.615. The number of oxazole rings is 1. The zero-order valence-corrected chi connectivity index (χ0v) is 22.1. The second-order valence-corrected chi connectivity index (χ2v) is 9.47. The molecule has 0 radical (unpaired) electrons. The number of alkyl halides is 3. The number of pyridine rings is 1. The average Bonchev–Trinajstić information content (AvgIpc) is 3.76. The summed E-state index contributed by atoms with van der Waals surface area (Å²) in [6.07, 6.45) is 4.80. The molecule has 0 aliphatic rings. The Morgan fingerprint density at radius 3 is 2.60 bits per heavy atom. The maximum Gasteiger partial charge on any atom is 0.436 e. The van der Waals surface area contributed by atoms with Crippen LogP contribution >= 0.6 is 11.6 Å². The van der Waals surface area contributed by atoms with Crippen LogP contribution in [0.1, 0.15) is 23.3 Å². The molecule has 0 fully saturated rings. The third kappa shape index (κ3) is 4.96. The Balaban J connectivity index is 1.43. The highest BCUT2D eigenvalue weighted by atomic mass is 35.5. The molecule has 5 heterocycles. The van der Waals surface area contributed by atoms with Gasteiger partial charge in [-0.1, -0.05) is 22.0 Å². The van der Waals surface area contributed by atoms with E-state index in [9.17, 15) is 18.4 Å². The Bertz CT molecular complexity index is 1880. The van der Waals surface area contributed by atoms with Crippen molar-refractivity contribution < 1.29 is 26.7 Å². The quantitative estimate of drug-likeness (QED) is 0.151. The van der Waals surface area contributed by atoms with Crippen molar-refractivity contribution in [1.29, 1.82) is 0 Å². The van der Waals surface area contributed by atoms with Gasteiger partial charge < -0.3 is 9.62 Å². The molecule has 17 heteroatoms. The van der Waals surface area contributed by atoms with Crippen molar-refractivity contribution in [1.82, 2.24) is 44.8 Å². The molecular weight excluding hydrogens is 584 g/mol. The van der Waals surface area contributed by atoms with Crippen LogP contribution in [0, 0.1) is 11.0 Å². The first-order chi connectivity index (χ1) is 20.1. The van der Waals surface area contributed by atoms with E-state index < -0.39 is 23.7 Å². The van der Waals surface area contributed by atoms with Crippen LogP contribution in [0.2, 0.25) is 5.02 Å². The largest absolute Gasteiger partial charge is 0.618 e. The van der Waals surface area contributed by atoms with E-state index in [1.165, 1.54) is 36.7 Å². The van der Waals surface area contributed by atoms with Crippen molar-refractivity contribution >= 4 is 11.6 Å². The van der Waals surface area contributed by atoms with Crippen molar-refractivity contribution in [3.05, 3.63) is 101 Å². The van der Waals surface area contributed by atoms with E-state index in [-0.39, 0.29) is 34.0 Å². The summed E-state index contributed by atoms with van der Waals surface area (Å²) in [5.41, 5.74) is -0.0217. The van der Waals surface area contributed by atoms with E-state index in [2.05, 4.69) is 30.7 Å². The van der Waals surface area contributed by atoms with Crippen LogP contribution in [-0.2, 0) is 19.6 Å². The Labute approximate surface area is 238 Å². The van der Waals surface area contributed by atoms with Gasteiger partial charge in [0.2, 0.25) is 5.69 Å². The molecule has 0 bridgehead atoms. The van der Waals surface area contributed by atoms with Crippen molar-refractivity contribution in [2.45, 2.75) is 18.6 Å². The number of nitrogens with zero attached hydrogens (tertiary/aromatic N) is 10. The molecule has 6 rings (SSSR count). The average molecular weight is 601 g/mol. The fraction of sp³-hybridized carbons (Fsp3) is 0.160. The molecule has 0 spiro atoms. The second kappa shape index (κ2) is 10.4. The lowest BCUT2D eigenvalue weighted by atomic mass is 10.0. The fourth-order valence-corrected chi connectivity index (χ4v) is 4.62. The van der Waals surface area contributed by atoms with Gasteiger partial charge >= 0.3 is 6.18 Å². The maximum absolute atomic E-state index is 15.4. The molecule has 1 unspecified atom stereocenters. The summed E-state index contributed by atoms with van der Waals surface area (Å²) in [5, 5.41) is 32.0. The van der Waals surface area contributed by atoms with Gasteiger partial charge in [-0.25, -0.2) is 18.7 Å². The van der Waals surface area contributed by atoms with Crippen LogP contribution in [-0.4, -0.2) is 44.8 Å². The standard InChI is InChI=1S/C25H17ClF4N10O2/c1-37-20(10-32-35-37)15-9-33-38(11-15)19(8-22-31-6-7-42-22)17-4-2-14(12-40(17)41)23-18(5-3-16(26)24(23)27)39-13-21(34-36-39)25(28,29)30/h2-7,9-13,19H,8H2,1H3. The van der Waals surface area contributed by atoms with Gasteiger partial charge in [0.05, 0.1) is 58.7 Å². The molecular formula is C25H17ClF4N10O2. The minimum Gasteiger partial charge on any atom is -0.618 e. The van der Waals surface area contributed by atoms with E-state index in [0.29, 0.717) is 28.1 Å². The zero-order valence-electron chi connectivity index (χ0n) is 21.3. The number of hydrogen-bond donors (Lipinski definition) is 0. The van der Waals surface area contributed by atoms with Crippen molar-refractivity contribution in [3.63, 3.8) is 0 Å². The number of aryl methyl sites for hydroxylation is 1. The lowest BCUT2D eigenvalue weighted by Crippen LogP contribution is -2.36. The zero-order chi connectivity index (χ0) is 29.6. The SMILES string of the molecule is Cn1nncc1-c1cnn(C(Cc2ncco2)c2ccc(-c3c(-n4cc(C(F)(F)F)nn4)ccc(Cl)c3F)c[n+]2[O-])c1. The number of hydrogen-bond acceptors (Lipinski definition) is 8. The van der Waals surface area contributed by atoms with Gasteiger partial charge in [-0.2, -0.15) is 23.0 Å². The first-order valence-electron chi connectivity index (χ1n) is 12.1. The van der Waals surface area contributed by atoms with E-state index in [4.69, 9.17) is 16.0 Å². The number of benzene rings is 1. The Hall–Kier alpha value is -5.12. The van der Waals surface area contributed by atoms with Crippen LogP contribution in [0.3, 0.4) is 0 Å². The number of aromatic nitrogens is 10. The molecule has 0 N–H and O–H groups in total. The highest BCUT2D eigenvalue weighted by molar-refractivity contribution is 6.31. The van der Waals surface area contributed by atoms with Crippen LogP contribution in [0.25, 0.3) is 28.1 Å². The van der Waals surface area contributed by atoms with Gasteiger partial charge in [-0.15, -0.1) is 10.2 Å². The first kappa shape index (κ1) is 27.1. The third-order valence-electron chi connectivity index (χ3n) is 6.46. The number of halogens is 5. The summed E-state index contributed by atoms with van der Waals surface area (Å²) in [4.78, 5) is 4.16. The smallest absolute Gasteiger partial charge is 0.436 e. The van der Waals surface area contributed by atoms with Crippen LogP contribution in [0.4, 0.5) is 17.6 Å². The molecule has 0 aliphatic carbocycles. The Morgan fingerprint density at radius 2 is 1.93 bits per heavy atom. The van der Waals surface area contributed by atoms with Gasteiger partial charge in [0, 0.05) is 24.9 Å². The molecule has 42 heavy (non-hydrogen) atoms. The molecule has 5 aromatic heterocycles. The molecule has 0 amide bonds. The summed E-state index contributed by atoms with van der Waals surface area (Å²) >= 11 is 6.01.